The van der Waals surface area contributed by atoms with Crippen molar-refractivity contribution in [3.05, 3.63) is 107 Å². The van der Waals surface area contributed by atoms with E-state index in [9.17, 15) is 9.18 Å². The summed E-state index contributed by atoms with van der Waals surface area (Å²) < 4.78 is 20.7. The van der Waals surface area contributed by atoms with Crippen molar-refractivity contribution in [3.8, 4) is 5.75 Å². The van der Waals surface area contributed by atoms with E-state index in [0.29, 0.717) is 15.8 Å². The van der Waals surface area contributed by atoms with Crippen LogP contribution in [0.3, 0.4) is 0 Å². The number of nitrogens with one attached hydrogen (secondary N) is 1. The maximum absolute atomic E-state index is 13.2. The van der Waals surface area contributed by atoms with E-state index >= 15 is 0 Å². The Hall–Kier alpha value is -3.43. The predicted octanol–water partition coefficient (Wildman–Crippen LogP) is 5.53. The molecule has 0 spiro atoms. The molecule has 1 heterocycles. The van der Waals surface area contributed by atoms with E-state index in [1.165, 1.54) is 26.7 Å². The number of carbonyl (C=O) groups excluding carboxylic acids is 1. The molecule has 38 heavy (non-hydrogen) atoms. The summed E-state index contributed by atoms with van der Waals surface area (Å²) >= 11 is 2.30. The van der Waals surface area contributed by atoms with Crippen LogP contribution < -0.4 is 12.9 Å². The van der Waals surface area contributed by atoms with Gasteiger partial charge in [-0.15, -0.1) is 0 Å². The number of halogens is 1. The molecular formula is C29H22FN2NaO4S. The van der Waals surface area contributed by atoms with Gasteiger partial charge in [0.15, 0.2) is 0 Å². The first-order chi connectivity index (χ1) is 18.3. The molecule has 6 nitrogen and oxygen atoms in total. The number of anilines is 1. The van der Waals surface area contributed by atoms with Crippen molar-refractivity contribution in [2.75, 3.05) is 5.32 Å². The predicted molar refractivity (Wildman–Crippen MR) is 151 cm³/mol. The van der Waals surface area contributed by atoms with Gasteiger partial charge in [-0.3, -0.25) is 4.79 Å². The smallest absolute Gasteiger partial charge is 0.207 e. The number of amides is 1. The Labute approximate surface area is 241 Å². The van der Waals surface area contributed by atoms with Crippen LogP contribution in [0.1, 0.15) is 18.1 Å². The topological polar surface area (TPSA) is 88.0 Å². The summed E-state index contributed by atoms with van der Waals surface area (Å²) in [5.74, 6) is -0.758. The quantitative estimate of drug-likeness (QED) is 0.258. The molecule has 186 valence electrons. The second-order valence-corrected chi connectivity index (χ2v) is 10.7. The summed E-state index contributed by atoms with van der Waals surface area (Å²) in [7, 11) is 0. The molecule has 0 aliphatic carbocycles. The fourth-order valence-corrected chi connectivity index (χ4v) is 4.74. The molecule has 0 atom stereocenters. The minimum absolute atomic E-state index is 0.284. The average molecular weight is 537 g/mol. The molecule has 1 aliphatic rings. The minimum Gasteiger partial charge on any atom is -0.207 e. The van der Waals surface area contributed by atoms with Crippen molar-refractivity contribution < 1.29 is 23.8 Å². The molecule has 0 fully saturated rings. The van der Waals surface area contributed by atoms with Crippen LogP contribution in [0.5, 0.6) is 5.75 Å². The number of benzene rings is 4. The minimum atomic E-state index is -0.833. The normalized spacial score (nSPS) is 13.6. The number of rotatable bonds is 5. The number of hydrogen-bond acceptors (Lipinski definition) is 5. The number of carboxylic acids is 1. The zero-order chi connectivity index (χ0) is 27.1. The van der Waals surface area contributed by atoms with Gasteiger partial charge in [0.2, 0.25) is 0 Å². The van der Waals surface area contributed by atoms with Gasteiger partial charge in [-0.05, 0) is 23.1 Å². The third-order valence-electron chi connectivity index (χ3n) is 5.40. The van der Waals surface area contributed by atoms with Crippen molar-refractivity contribution in [1.29, 1.82) is 0 Å². The second kappa shape index (κ2) is 12.9. The van der Waals surface area contributed by atoms with Crippen molar-refractivity contribution in [3.63, 3.8) is 0 Å². The van der Waals surface area contributed by atoms with E-state index in [0.717, 1.165) is 62.4 Å². The molecule has 4 aromatic rings. The van der Waals surface area contributed by atoms with Gasteiger partial charge in [0, 0.05) is 6.92 Å². The van der Waals surface area contributed by atoms with Crippen LogP contribution in [-0.4, -0.2) is 50.1 Å². The first-order valence-electron chi connectivity index (χ1n) is 11.7. The summed E-state index contributed by atoms with van der Waals surface area (Å²) in [6.07, 6.45) is 1.82. The van der Waals surface area contributed by atoms with Crippen LogP contribution in [0.2, 0.25) is 0 Å². The van der Waals surface area contributed by atoms with E-state index in [1.54, 1.807) is 12.1 Å². The standard InChI is InChI=1S/C27H18FN2O2S.C2H4O2.Na/c28-22-12-10-18(11-13-22)17-32-24-15-20-7-5-4-6-19(20)14-21(24)16-25-26(31)30-27(33-25)29-23-8-2-1-3-9-23;1-2(3)4;/h2-16H,17H2,(H,29,30,31);1H3,(H,3,4);/b25-16+;;. The maximum atomic E-state index is 13.2. The number of fused-ring (bicyclic) bond motifs is 1. The van der Waals surface area contributed by atoms with E-state index in [4.69, 9.17) is 14.6 Å². The summed E-state index contributed by atoms with van der Waals surface area (Å²) in [5.41, 5.74) is 2.54. The monoisotopic (exact) mass is 536 g/mol. The third-order valence-corrected chi connectivity index (χ3v) is 6.96. The van der Waals surface area contributed by atoms with Crippen LogP contribution in [0, 0.1) is 5.82 Å². The molecule has 0 aromatic heterocycles. The number of carboxylic acid groups (broad SMARTS) is 1. The van der Waals surface area contributed by atoms with E-state index in [2.05, 4.69) is 22.4 Å². The Morgan fingerprint density at radius 1 is 1.05 bits per heavy atom. The fraction of sp³-hybridized carbons (Fsp3) is 0.0690. The van der Waals surface area contributed by atoms with E-state index < -0.39 is 5.97 Å². The molecule has 1 aliphatic heterocycles. The van der Waals surface area contributed by atoms with Crippen LogP contribution in [0.15, 0.2) is 94.8 Å². The Kier molecular flexibility index (Phi) is 9.36. The summed E-state index contributed by atoms with van der Waals surface area (Å²) in [4.78, 5) is 26.3. The Morgan fingerprint density at radius 2 is 1.68 bits per heavy atom. The average Bonchev–Trinajstić information content (AvgIpc) is 3.23. The Morgan fingerprint density at radius 3 is 2.34 bits per heavy atom. The first-order valence-corrected chi connectivity index (χ1v) is 13.5. The van der Waals surface area contributed by atoms with Gasteiger partial charge in [-0.1, -0.05) is 36.4 Å². The zero-order valence-corrected chi connectivity index (χ0v) is 23.6. The third kappa shape index (κ3) is 7.79. The van der Waals surface area contributed by atoms with Gasteiger partial charge in [-0.25, -0.2) is 4.39 Å². The first kappa shape index (κ1) is 27.6. The molecule has 0 radical (unpaired) electrons. The van der Waals surface area contributed by atoms with Gasteiger partial charge in [0.25, 0.3) is 5.97 Å². The molecule has 0 saturated heterocycles. The molecule has 1 amide bonds. The van der Waals surface area contributed by atoms with Crippen LogP contribution in [0.4, 0.5) is 10.1 Å². The van der Waals surface area contributed by atoms with Crippen LogP contribution in [0.25, 0.3) is 16.8 Å². The number of carbonyl (C=O) groups is 2. The van der Waals surface area contributed by atoms with E-state index in [1.807, 2.05) is 54.6 Å². The molecule has 0 unspecified atom stereocenters. The van der Waals surface area contributed by atoms with Gasteiger partial charge in [-0.2, -0.15) is 0 Å². The van der Waals surface area contributed by atoms with Crippen LogP contribution in [-0.2, 0) is 16.2 Å². The van der Waals surface area contributed by atoms with Gasteiger partial charge in [0.05, 0.1) is 0 Å². The molecule has 2 N–H and O–H groups in total. The molecule has 4 aromatic carbocycles. The number of nitrogens with zero attached hydrogens (tertiary/aromatic N) is 1. The summed E-state index contributed by atoms with van der Waals surface area (Å²) in [6.45, 7) is 1.37. The second-order valence-electron chi connectivity index (χ2n) is 8.50. The van der Waals surface area contributed by atoms with Crippen LogP contribution >= 0.6 is 11.8 Å². The number of aliphatic carboxylic acids is 1. The molecule has 9 heteroatoms. The SMILES string of the molecule is CC(=O)O.O=C1N=C(Nc2cc[c]([Na])cc2)S/C1=C/c1cc2ccccc2cc1OCc1ccc(F)cc1. The zero-order valence-electron chi connectivity index (χ0n) is 20.8. The number of hydrogen-bond donors (Lipinski definition) is 2. The molecular weight excluding hydrogens is 514 g/mol. The number of ether oxygens (including phenoxy) is 1. The fourth-order valence-electron chi connectivity index (χ4n) is 3.58. The molecule has 0 bridgehead atoms. The van der Waals surface area contributed by atoms with Gasteiger partial charge < -0.3 is 5.11 Å². The van der Waals surface area contributed by atoms with Crippen molar-refractivity contribution in [1.82, 2.24) is 0 Å². The number of aliphatic imine (C=N–C) groups is 1. The van der Waals surface area contributed by atoms with Gasteiger partial charge in [0.1, 0.15) is 12.4 Å². The van der Waals surface area contributed by atoms with Crippen molar-refractivity contribution in [2.24, 2.45) is 4.99 Å². The van der Waals surface area contributed by atoms with Crippen molar-refractivity contribution >= 4 is 82.1 Å². The molecule has 5 rings (SSSR count). The summed E-state index contributed by atoms with van der Waals surface area (Å²) in [6, 6.07) is 26.3. The number of amidine groups is 1. The van der Waals surface area contributed by atoms with E-state index in [-0.39, 0.29) is 18.3 Å². The summed E-state index contributed by atoms with van der Waals surface area (Å²) in [5, 5.41) is 13.3. The molecule has 0 saturated carbocycles. The van der Waals surface area contributed by atoms with Crippen molar-refractivity contribution in [2.45, 2.75) is 13.5 Å². The number of thioether (sulfide) groups is 1. The Bertz CT molecular complexity index is 1530. The Balaban J connectivity index is 0.000000786. The van der Waals surface area contributed by atoms with Gasteiger partial charge >= 0.3 is 143 Å².